The van der Waals surface area contributed by atoms with Crippen LogP contribution in [0.25, 0.3) is 10.8 Å². The number of ether oxygens (including phenoxy) is 1. The fourth-order valence-corrected chi connectivity index (χ4v) is 4.07. The van der Waals surface area contributed by atoms with Gasteiger partial charge in [0.15, 0.2) is 0 Å². The number of alkyl halides is 1. The molecule has 0 saturated heterocycles. The molecule has 2 rings (SSSR count). The molecule has 0 fully saturated rings. The van der Waals surface area contributed by atoms with E-state index in [4.69, 9.17) is 4.74 Å². The van der Waals surface area contributed by atoms with Crippen LogP contribution in [-0.4, -0.2) is 7.11 Å². The second kappa shape index (κ2) is 7.84. The van der Waals surface area contributed by atoms with E-state index in [1.807, 2.05) is 0 Å². The lowest BCUT2D eigenvalue weighted by Crippen LogP contribution is -2.08. The van der Waals surface area contributed by atoms with Gasteiger partial charge in [0, 0.05) is 10.2 Å². The first kappa shape index (κ1) is 16.4. The highest BCUT2D eigenvalue weighted by atomic mass is 79.9. The molecule has 0 aromatic heterocycles. The third-order valence-electron chi connectivity index (χ3n) is 4.17. The molecule has 0 spiro atoms. The van der Waals surface area contributed by atoms with Crippen molar-refractivity contribution in [1.29, 1.82) is 0 Å². The molecule has 2 aromatic carbocycles. The molecule has 1 atom stereocenters. The van der Waals surface area contributed by atoms with Crippen molar-refractivity contribution < 1.29 is 4.74 Å². The topological polar surface area (TPSA) is 9.23 Å². The minimum atomic E-state index is 0.410. The van der Waals surface area contributed by atoms with E-state index in [1.54, 1.807) is 7.11 Å². The zero-order valence-corrected chi connectivity index (χ0v) is 14.8. The van der Waals surface area contributed by atoms with Gasteiger partial charge in [0.05, 0.1) is 7.11 Å². The van der Waals surface area contributed by atoms with Gasteiger partial charge < -0.3 is 4.74 Å². The largest absolute Gasteiger partial charge is 0.496 e. The molecule has 2 aromatic rings. The van der Waals surface area contributed by atoms with Gasteiger partial charge in [-0.2, -0.15) is 0 Å². The van der Waals surface area contributed by atoms with Gasteiger partial charge in [0.25, 0.3) is 0 Å². The van der Waals surface area contributed by atoms with Crippen LogP contribution in [0.2, 0.25) is 0 Å². The average molecular weight is 349 g/mol. The first-order chi connectivity index (χ1) is 10.2. The molecule has 0 N–H and O–H groups in total. The zero-order valence-electron chi connectivity index (χ0n) is 13.2. The highest BCUT2D eigenvalue weighted by Gasteiger charge is 2.21. The SMILES string of the molecule is CCCC(CCC)C(Br)c1ccc(OC)c2ccccc12. The minimum absolute atomic E-state index is 0.410. The van der Waals surface area contributed by atoms with E-state index in [-0.39, 0.29) is 0 Å². The number of benzene rings is 2. The van der Waals surface area contributed by atoms with Gasteiger partial charge >= 0.3 is 0 Å². The fraction of sp³-hybridized carbons (Fsp3) is 0.474. The van der Waals surface area contributed by atoms with Crippen molar-refractivity contribution in [2.75, 3.05) is 7.11 Å². The summed E-state index contributed by atoms with van der Waals surface area (Å²) in [6, 6.07) is 12.9. The maximum absolute atomic E-state index is 5.50. The normalized spacial score (nSPS) is 12.8. The van der Waals surface area contributed by atoms with Crippen molar-refractivity contribution in [3.63, 3.8) is 0 Å². The van der Waals surface area contributed by atoms with E-state index < -0.39 is 0 Å². The maximum Gasteiger partial charge on any atom is 0.126 e. The summed E-state index contributed by atoms with van der Waals surface area (Å²) in [6.07, 6.45) is 5.01. The van der Waals surface area contributed by atoms with Crippen LogP contribution in [0.3, 0.4) is 0 Å². The van der Waals surface area contributed by atoms with Gasteiger partial charge in [-0.05, 0) is 35.8 Å². The summed E-state index contributed by atoms with van der Waals surface area (Å²) in [5, 5.41) is 2.50. The van der Waals surface area contributed by atoms with Crippen LogP contribution in [0.5, 0.6) is 5.75 Å². The minimum Gasteiger partial charge on any atom is -0.496 e. The van der Waals surface area contributed by atoms with Crippen molar-refractivity contribution >= 4 is 26.7 Å². The smallest absolute Gasteiger partial charge is 0.126 e. The summed E-state index contributed by atoms with van der Waals surface area (Å²) in [6.45, 7) is 4.54. The molecular formula is C19H25BrO. The Morgan fingerprint density at radius 3 is 2.14 bits per heavy atom. The summed E-state index contributed by atoms with van der Waals surface area (Å²) in [5.74, 6) is 1.65. The summed E-state index contributed by atoms with van der Waals surface area (Å²) in [7, 11) is 1.74. The van der Waals surface area contributed by atoms with Gasteiger partial charge in [-0.3, -0.25) is 0 Å². The maximum atomic E-state index is 5.50. The van der Waals surface area contributed by atoms with Crippen LogP contribution in [0.4, 0.5) is 0 Å². The number of hydrogen-bond acceptors (Lipinski definition) is 1. The molecule has 0 saturated carbocycles. The molecule has 1 unspecified atom stereocenters. The number of fused-ring (bicyclic) bond motifs is 1. The van der Waals surface area contributed by atoms with Crippen molar-refractivity contribution in [1.82, 2.24) is 0 Å². The van der Waals surface area contributed by atoms with Gasteiger partial charge in [-0.25, -0.2) is 0 Å². The molecule has 21 heavy (non-hydrogen) atoms. The Labute approximate surface area is 136 Å². The molecule has 114 valence electrons. The quantitative estimate of drug-likeness (QED) is 0.518. The van der Waals surface area contributed by atoms with Gasteiger partial charge in [0.1, 0.15) is 5.75 Å². The molecule has 2 heteroatoms. The highest BCUT2D eigenvalue weighted by Crippen LogP contribution is 2.41. The third kappa shape index (κ3) is 3.60. The molecule has 1 nitrogen and oxygen atoms in total. The van der Waals surface area contributed by atoms with Crippen molar-refractivity contribution in [3.05, 3.63) is 42.0 Å². The summed E-state index contributed by atoms with van der Waals surface area (Å²) in [4.78, 5) is 0.410. The van der Waals surface area contributed by atoms with E-state index in [0.717, 1.165) is 5.75 Å². The molecule has 0 amide bonds. The van der Waals surface area contributed by atoms with E-state index in [9.17, 15) is 0 Å². The van der Waals surface area contributed by atoms with E-state index in [1.165, 1.54) is 42.0 Å². The Kier molecular flexibility index (Phi) is 6.10. The Morgan fingerprint density at radius 1 is 0.952 bits per heavy atom. The second-order valence-electron chi connectivity index (χ2n) is 5.64. The Balaban J connectivity index is 2.45. The number of rotatable bonds is 7. The van der Waals surface area contributed by atoms with Crippen LogP contribution in [-0.2, 0) is 0 Å². The number of halogens is 1. The molecule has 0 heterocycles. The van der Waals surface area contributed by atoms with Crippen LogP contribution >= 0.6 is 15.9 Å². The third-order valence-corrected chi connectivity index (χ3v) is 5.41. The van der Waals surface area contributed by atoms with Crippen LogP contribution in [0.15, 0.2) is 36.4 Å². The Hall–Kier alpha value is -1.02. The van der Waals surface area contributed by atoms with Crippen LogP contribution in [0.1, 0.15) is 49.9 Å². The van der Waals surface area contributed by atoms with Gasteiger partial charge in [-0.1, -0.05) is 73.0 Å². The Morgan fingerprint density at radius 2 is 1.57 bits per heavy atom. The van der Waals surface area contributed by atoms with E-state index >= 15 is 0 Å². The molecular weight excluding hydrogens is 324 g/mol. The lowest BCUT2D eigenvalue weighted by Gasteiger charge is -2.24. The highest BCUT2D eigenvalue weighted by molar-refractivity contribution is 9.09. The van der Waals surface area contributed by atoms with E-state index in [0.29, 0.717) is 10.7 Å². The van der Waals surface area contributed by atoms with Gasteiger partial charge in [-0.15, -0.1) is 0 Å². The summed E-state index contributed by atoms with van der Waals surface area (Å²) in [5.41, 5.74) is 1.39. The first-order valence-electron chi connectivity index (χ1n) is 7.92. The average Bonchev–Trinajstić information content (AvgIpc) is 2.53. The number of methoxy groups -OCH3 is 1. The van der Waals surface area contributed by atoms with Crippen LogP contribution in [0, 0.1) is 5.92 Å². The van der Waals surface area contributed by atoms with Crippen molar-refractivity contribution in [3.8, 4) is 5.75 Å². The monoisotopic (exact) mass is 348 g/mol. The molecule has 0 aliphatic carbocycles. The molecule has 0 aliphatic heterocycles. The standard InChI is InChI=1S/C19H25BrO/c1-4-8-14(9-5-2)19(20)17-12-13-18(21-3)16-11-7-6-10-15(16)17/h6-7,10-14,19H,4-5,8-9H2,1-3H3. The molecule has 0 aliphatic rings. The number of hydrogen-bond donors (Lipinski definition) is 0. The van der Waals surface area contributed by atoms with Crippen LogP contribution < -0.4 is 4.74 Å². The predicted molar refractivity (Wildman–Crippen MR) is 95.5 cm³/mol. The second-order valence-corrected chi connectivity index (χ2v) is 6.63. The summed E-state index contributed by atoms with van der Waals surface area (Å²) >= 11 is 3.98. The van der Waals surface area contributed by atoms with Crippen molar-refractivity contribution in [2.24, 2.45) is 5.92 Å². The summed E-state index contributed by atoms with van der Waals surface area (Å²) < 4.78 is 5.50. The zero-order chi connectivity index (χ0) is 15.2. The van der Waals surface area contributed by atoms with Gasteiger partial charge in [0.2, 0.25) is 0 Å². The molecule has 0 bridgehead atoms. The van der Waals surface area contributed by atoms with E-state index in [2.05, 4.69) is 66.2 Å². The lowest BCUT2D eigenvalue weighted by molar-refractivity contribution is 0.418. The Bertz CT molecular complexity index is 573. The first-order valence-corrected chi connectivity index (χ1v) is 8.84. The fourth-order valence-electron chi connectivity index (χ4n) is 3.15. The molecule has 0 radical (unpaired) electrons. The predicted octanol–water partition coefficient (Wildman–Crippen LogP) is 6.50. The lowest BCUT2D eigenvalue weighted by atomic mass is 9.88. The van der Waals surface area contributed by atoms with Crippen molar-refractivity contribution in [2.45, 2.75) is 44.4 Å².